The van der Waals surface area contributed by atoms with Crippen molar-refractivity contribution in [2.45, 2.75) is 16.8 Å². The number of benzene rings is 2. The first kappa shape index (κ1) is 14.5. The molecule has 4 rings (SSSR count). The van der Waals surface area contributed by atoms with Crippen molar-refractivity contribution in [1.82, 2.24) is 0 Å². The topological polar surface area (TPSA) is 57.6 Å². The number of fused-ring (bicyclic) bond motifs is 1. The summed E-state index contributed by atoms with van der Waals surface area (Å²) in [6, 6.07) is 18.1. The molecule has 0 spiro atoms. The van der Waals surface area contributed by atoms with Crippen molar-refractivity contribution in [2.75, 3.05) is 10.7 Å². The second-order valence-corrected chi connectivity index (χ2v) is 6.92. The SMILES string of the molecule is O=C1[C@H]2SC[C@@H](O)[C@@]2(c2ccccc2)C(=O)N1c1ccccc1. The molecule has 2 aromatic rings. The minimum atomic E-state index is -1.18. The molecule has 3 atom stereocenters. The van der Waals surface area contributed by atoms with Gasteiger partial charge in [0.25, 0.3) is 0 Å². The zero-order valence-corrected chi connectivity index (χ0v) is 13.1. The lowest BCUT2D eigenvalue weighted by molar-refractivity contribution is -0.125. The van der Waals surface area contributed by atoms with Crippen LogP contribution in [0.3, 0.4) is 0 Å². The standard InChI is InChI=1S/C18H15NO3S/c20-14-11-23-15-16(21)19(13-9-5-2-6-10-13)17(22)18(14,15)12-7-3-1-4-8-12/h1-10,14-15,20H,11H2/t14-,15-,18-/m1/s1. The van der Waals surface area contributed by atoms with E-state index in [1.54, 1.807) is 24.3 Å². The maximum atomic E-state index is 13.3. The first-order chi connectivity index (χ1) is 11.2. The third-order valence-electron chi connectivity index (χ3n) is 4.63. The molecule has 116 valence electrons. The molecule has 2 aliphatic heterocycles. The Balaban J connectivity index is 1.90. The van der Waals surface area contributed by atoms with E-state index in [1.165, 1.54) is 16.7 Å². The van der Waals surface area contributed by atoms with Gasteiger partial charge < -0.3 is 5.11 Å². The van der Waals surface area contributed by atoms with Crippen molar-refractivity contribution in [3.63, 3.8) is 0 Å². The van der Waals surface area contributed by atoms with Gasteiger partial charge in [0.15, 0.2) is 0 Å². The Morgan fingerprint density at radius 2 is 1.61 bits per heavy atom. The van der Waals surface area contributed by atoms with Crippen LogP contribution in [0.1, 0.15) is 5.56 Å². The quantitative estimate of drug-likeness (QED) is 0.858. The largest absolute Gasteiger partial charge is 0.391 e. The van der Waals surface area contributed by atoms with Gasteiger partial charge in [-0.05, 0) is 17.7 Å². The zero-order chi connectivity index (χ0) is 16.0. The van der Waals surface area contributed by atoms with Crippen LogP contribution in [-0.4, -0.2) is 34.0 Å². The molecule has 4 nitrogen and oxygen atoms in total. The minimum Gasteiger partial charge on any atom is -0.391 e. The lowest BCUT2D eigenvalue weighted by atomic mass is 9.74. The highest BCUT2D eigenvalue weighted by molar-refractivity contribution is 8.01. The van der Waals surface area contributed by atoms with E-state index in [2.05, 4.69) is 0 Å². The number of aliphatic hydroxyl groups is 1. The highest BCUT2D eigenvalue weighted by atomic mass is 32.2. The van der Waals surface area contributed by atoms with E-state index in [9.17, 15) is 14.7 Å². The Hall–Kier alpha value is -2.11. The van der Waals surface area contributed by atoms with E-state index < -0.39 is 16.8 Å². The molecule has 2 saturated heterocycles. The van der Waals surface area contributed by atoms with Gasteiger partial charge in [-0.15, -0.1) is 11.8 Å². The summed E-state index contributed by atoms with van der Waals surface area (Å²) in [6.07, 6.45) is -0.870. The van der Waals surface area contributed by atoms with Gasteiger partial charge in [0.1, 0.15) is 10.7 Å². The van der Waals surface area contributed by atoms with Crippen LogP contribution in [0.2, 0.25) is 0 Å². The fraction of sp³-hybridized carbons (Fsp3) is 0.222. The van der Waals surface area contributed by atoms with Crippen LogP contribution in [0, 0.1) is 0 Å². The van der Waals surface area contributed by atoms with Gasteiger partial charge >= 0.3 is 0 Å². The van der Waals surface area contributed by atoms with Gasteiger partial charge in [-0.25, -0.2) is 4.90 Å². The number of amides is 2. The number of hydrogen-bond donors (Lipinski definition) is 1. The molecule has 0 radical (unpaired) electrons. The van der Waals surface area contributed by atoms with Crippen molar-refractivity contribution in [1.29, 1.82) is 0 Å². The number of para-hydroxylation sites is 1. The zero-order valence-electron chi connectivity index (χ0n) is 12.3. The van der Waals surface area contributed by atoms with E-state index in [0.29, 0.717) is 17.0 Å². The molecule has 0 aromatic heterocycles. The molecular formula is C18H15NO3S. The molecule has 5 heteroatoms. The molecule has 2 aromatic carbocycles. The second-order valence-electron chi connectivity index (χ2n) is 5.78. The molecule has 23 heavy (non-hydrogen) atoms. The number of anilines is 1. The molecule has 0 unspecified atom stereocenters. The molecule has 2 amide bonds. The lowest BCUT2D eigenvalue weighted by Crippen LogP contribution is -2.48. The van der Waals surface area contributed by atoms with E-state index in [1.807, 2.05) is 36.4 Å². The van der Waals surface area contributed by atoms with Crippen LogP contribution < -0.4 is 4.90 Å². The number of hydrogen-bond acceptors (Lipinski definition) is 4. The first-order valence-electron chi connectivity index (χ1n) is 7.46. The monoisotopic (exact) mass is 325 g/mol. The summed E-state index contributed by atoms with van der Waals surface area (Å²) in [5.41, 5.74) is 0.0815. The third kappa shape index (κ3) is 1.84. The summed E-state index contributed by atoms with van der Waals surface area (Å²) >= 11 is 1.36. The normalized spacial score (nSPS) is 29.9. The van der Waals surface area contributed by atoms with Gasteiger partial charge in [-0.2, -0.15) is 0 Å². The number of aliphatic hydroxyl groups excluding tert-OH is 1. The minimum absolute atomic E-state index is 0.244. The van der Waals surface area contributed by atoms with Crippen LogP contribution in [-0.2, 0) is 15.0 Å². The van der Waals surface area contributed by atoms with E-state index >= 15 is 0 Å². The molecule has 2 aliphatic rings. The molecule has 2 heterocycles. The number of carbonyl (C=O) groups is 2. The highest BCUT2D eigenvalue weighted by Gasteiger charge is 2.67. The summed E-state index contributed by atoms with van der Waals surface area (Å²) in [4.78, 5) is 27.4. The van der Waals surface area contributed by atoms with E-state index in [0.717, 1.165) is 0 Å². The van der Waals surface area contributed by atoms with Crippen molar-refractivity contribution in [3.05, 3.63) is 66.2 Å². The first-order valence-corrected chi connectivity index (χ1v) is 8.51. The summed E-state index contributed by atoms with van der Waals surface area (Å²) in [6.45, 7) is 0. The molecule has 2 fully saturated rings. The third-order valence-corrected chi connectivity index (χ3v) is 6.04. The van der Waals surface area contributed by atoms with Crippen molar-refractivity contribution >= 4 is 29.3 Å². The van der Waals surface area contributed by atoms with E-state index in [-0.39, 0.29) is 11.8 Å². The maximum absolute atomic E-state index is 13.3. The summed E-state index contributed by atoms with van der Waals surface area (Å²) in [5.74, 6) is -0.186. The molecular weight excluding hydrogens is 310 g/mol. The Kier molecular flexibility index (Phi) is 3.28. The van der Waals surface area contributed by atoms with Crippen LogP contribution >= 0.6 is 11.8 Å². The number of imide groups is 1. The highest BCUT2D eigenvalue weighted by Crippen LogP contribution is 2.52. The van der Waals surface area contributed by atoms with Gasteiger partial charge in [0.2, 0.25) is 11.8 Å². The van der Waals surface area contributed by atoms with E-state index in [4.69, 9.17) is 0 Å². The van der Waals surface area contributed by atoms with Crippen LogP contribution in [0.5, 0.6) is 0 Å². The lowest BCUT2D eigenvalue weighted by Gasteiger charge is -2.29. The fourth-order valence-electron chi connectivity index (χ4n) is 3.55. The molecule has 1 N–H and O–H groups in total. The molecule has 0 aliphatic carbocycles. The Bertz CT molecular complexity index is 764. The average Bonchev–Trinajstić information content (AvgIpc) is 3.05. The summed E-state index contributed by atoms with van der Waals surface area (Å²) in [5, 5.41) is 10.1. The fourth-order valence-corrected chi connectivity index (χ4v) is 5.09. The van der Waals surface area contributed by atoms with Crippen LogP contribution in [0.4, 0.5) is 5.69 Å². The Labute approximate surface area is 138 Å². The maximum Gasteiger partial charge on any atom is 0.248 e. The summed E-state index contributed by atoms with van der Waals surface area (Å²) in [7, 11) is 0. The van der Waals surface area contributed by atoms with Crippen molar-refractivity contribution in [3.8, 4) is 0 Å². The Morgan fingerprint density at radius 1 is 1.00 bits per heavy atom. The second kappa shape index (κ2) is 5.22. The van der Waals surface area contributed by atoms with Crippen molar-refractivity contribution < 1.29 is 14.7 Å². The number of thioether (sulfide) groups is 1. The number of nitrogens with zero attached hydrogens (tertiary/aromatic N) is 1. The Morgan fingerprint density at radius 3 is 2.26 bits per heavy atom. The van der Waals surface area contributed by atoms with Crippen molar-refractivity contribution in [2.24, 2.45) is 0 Å². The molecule has 0 bridgehead atoms. The predicted molar refractivity (Wildman–Crippen MR) is 89.3 cm³/mol. The van der Waals surface area contributed by atoms with Crippen LogP contribution in [0.15, 0.2) is 60.7 Å². The van der Waals surface area contributed by atoms with Gasteiger partial charge in [0.05, 0.1) is 11.8 Å². The average molecular weight is 325 g/mol. The summed E-state index contributed by atoms with van der Waals surface area (Å²) < 4.78 is 0. The van der Waals surface area contributed by atoms with Gasteiger partial charge in [0, 0.05) is 5.75 Å². The van der Waals surface area contributed by atoms with Gasteiger partial charge in [-0.1, -0.05) is 48.5 Å². The predicted octanol–water partition coefficient (Wildman–Crippen LogP) is 1.97. The smallest absolute Gasteiger partial charge is 0.248 e. The number of carbonyl (C=O) groups excluding carboxylic acids is 2. The molecule has 0 saturated carbocycles. The van der Waals surface area contributed by atoms with Crippen LogP contribution in [0.25, 0.3) is 0 Å². The van der Waals surface area contributed by atoms with Gasteiger partial charge in [-0.3, -0.25) is 9.59 Å². The number of rotatable bonds is 2.